The third kappa shape index (κ3) is 14.0. The molecule has 176 valence electrons. The highest BCUT2D eigenvalue weighted by atomic mass is 16.5. The highest BCUT2D eigenvalue weighted by Crippen LogP contribution is 2.13. The van der Waals surface area contributed by atoms with E-state index in [0.29, 0.717) is 17.7 Å². The fraction of sp³-hybridized carbons (Fsp3) is 0.704. The number of hydrogen-bond donors (Lipinski definition) is 0. The van der Waals surface area contributed by atoms with Crippen molar-refractivity contribution in [3.63, 3.8) is 0 Å². The summed E-state index contributed by atoms with van der Waals surface area (Å²) < 4.78 is 10.5. The molecule has 0 bridgehead atoms. The maximum Gasteiger partial charge on any atom is 0.338 e. The van der Waals surface area contributed by atoms with Crippen molar-refractivity contribution in [1.29, 1.82) is 0 Å². The van der Waals surface area contributed by atoms with Crippen LogP contribution in [0.25, 0.3) is 0 Å². The van der Waals surface area contributed by atoms with Gasteiger partial charge < -0.3 is 9.47 Å². The van der Waals surface area contributed by atoms with E-state index in [9.17, 15) is 9.59 Å². The van der Waals surface area contributed by atoms with Gasteiger partial charge in [-0.3, -0.25) is 0 Å². The van der Waals surface area contributed by atoms with Crippen LogP contribution in [0.15, 0.2) is 24.3 Å². The monoisotopic (exact) mass is 432 g/mol. The molecule has 0 aliphatic carbocycles. The van der Waals surface area contributed by atoms with Gasteiger partial charge in [0.15, 0.2) is 0 Å². The molecule has 31 heavy (non-hydrogen) atoms. The van der Waals surface area contributed by atoms with Crippen LogP contribution in [0.1, 0.15) is 131 Å². The molecule has 0 amide bonds. The van der Waals surface area contributed by atoms with E-state index in [4.69, 9.17) is 9.47 Å². The molecule has 0 aliphatic rings. The number of carbonyl (C=O) groups excluding carboxylic acids is 2. The molecule has 1 aromatic carbocycles. The minimum Gasteiger partial charge on any atom is -0.462 e. The first-order chi connectivity index (χ1) is 15.0. The van der Waals surface area contributed by atoms with Crippen molar-refractivity contribution in [3.8, 4) is 0 Å². The van der Waals surface area contributed by atoms with Crippen LogP contribution in [0.5, 0.6) is 0 Å². The molecule has 4 heteroatoms. The maximum absolute atomic E-state index is 12.1. The number of esters is 2. The van der Waals surface area contributed by atoms with Crippen LogP contribution in [-0.2, 0) is 9.47 Å². The van der Waals surface area contributed by atoms with Crippen LogP contribution in [0, 0.1) is 0 Å². The van der Waals surface area contributed by atoms with E-state index < -0.39 is 0 Å². The molecule has 0 saturated carbocycles. The Balaban J connectivity index is 1.98. The molecular formula is C27H44O4. The summed E-state index contributed by atoms with van der Waals surface area (Å²) in [5, 5.41) is 0. The number of rotatable bonds is 18. The average molecular weight is 433 g/mol. The zero-order valence-corrected chi connectivity index (χ0v) is 20.1. The molecule has 0 atom stereocenters. The Labute approximate surface area is 190 Å². The van der Waals surface area contributed by atoms with Crippen LogP contribution < -0.4 is 0 Å². The second-order valence-electron chi connectivity index (χ2n) is 8.76. The predicted octanol–water partition coefficient (Wildman–Crippen LogP) is 7.89. The van der Waals surface area contributed by atoms with Crippen molar-refractivity contribution in [2.24, 2.45) is 0 Å². The Hall–Kier alpha value is -1.84. The summed E-state index contributed by atoms with van der Waals surface area (Å²) in [5.74, 6) is -0.712. The fourth-order valence-corrected chi connectivity index (χ4v) is 3.57. The van der Waals surface area contributed by atoms with E-state index in [1.165, 1.54) is 77.0 Å². The molecule has 0 heterocycles. The Morgan fingerprint density at radius 3 is 1.45 bits per heavy atom. The van der Waals surface area contributed by atoms with Gasteiger partial charge in [-0.2, -0.15) is 0 Å². The van der Waals surface area contributed by atoms with Crippen molar-refractivity contribution in [2.75, 3.05) is 6.61 Å². The summed E-state index contributed by atoms with van der Waals surface area (Å²) in [7, 11) is 0. The van der Waals surface area contributed by atoms with E-state index in [1.54, 1.807) is 38.1 Å². The van der Waals surface area contributed by atoms with Gasteiger partial charge >= 0.3 is 11.9 Å². The van der Waals surface area contributed by atoms with Crippen LogP contribution >= 0.6 is 0 Å². The zero-order chi connectivity index (χ0) is 22.7. The lowest BCUT2D eigenvalue weighted by Crippen LogP contribution is -2.12. The van der Waals surface area contributed by atoms with E-state index in [2.05, 4.69) is 6.92 Å². The molecule has 0 aromatic heterocycles. The third-order valence-corrected chi connectivity index (χ3v) is 5.43. The molecule has 1 aromatic rings. The topological polar surface area (TPSA) is 52.6 Å². The van der Waals surface area contributed by atoms with Gasteiger partial charge in [0.2, 0.25) is 0 Å². The first-order valence-electron chi connectivity index (χ1n) is 12.5. The SMILES string of the molecule is CCCCCCCCCCCCCCCCOC(=O)c1ccc(C(=O)OC(C)C)cc1. The quantitative estimate of drug-likeness (QED) is 0.175. The van der Waals surface area contributed by atoms with Crippen molar-refractivity contribution in [3.05, 3.63) is 35.4 Å². The first kappa shape index (κ1) is 27.2. The Bertz CT molecular complexity index is 592. The van der Waals surface area contributed by atoms with E-state index in [0.717, 1.165) is 12.8 Å². The van der Waals surface area contributed by atoms with Gasteiger partial charge in [0.25, 0.3) is 0 Å². The zero-order valence-electron chi connectivity index (χ0n) is 20.1. The molecule has 0 spiro atoms. The van der Waals surface area contributed by atoms with E-state index >= 15 is 0 Å². The first-order valence-corrected chi connectivity index (χ1v) is 12.5. The molecule has 0 N–H and O–H groups in total. The largest absolute Gasteiger partial charge is 0.462 e. The molecule has 0 saturated heterocycles. The fourth-order valence-electron chi connectivity index (χ4n) is 3.57. The Morgan fingerprint density at radius 1 is 0.645 bits per heavy atom. The van der Waals surface area contributed by atoms with Gasteiger partial charge in [0.1, 0.15) is 0 Å². The summed E-state index contributed by atoms with van der Waals surface area (Å²) >= 11 is 0. The van der Waals surface area contributed by atoms with Crippen LogP contribution in [-0.4, -0.2) is 24.6 Å². The predicted molar refractivity (Wildman–Crippen MR) is 128 cm³/mol. The van der Waals surface area contributed by atoms with Gasteiger partial charge in [-0.05, 0) is 44.5 Å². The third-order valence-electron chi connectivity index (χ3n) is 5.43. The van der Waals surface area contributed by atoms with Gasteiger partial charge in [-0.25, -0.2) is 9.59 Å². The highest BCUT2D eigenvalue weighted by Gasteiger charge is 2.11. The standard InChI is InChI=1S/C27H44O4/c1-4-5-6-7-8-9-10-11-12-13-14-15-16-17-22-30-26(28)24-18-20-25(21-19-24)27(29)31-23(2)3/h18-21,23H,4-17,22H2,1-3H3. The number of benzene rings is 1. The molecule has 0 aliphatic heterocycles. The molecule has 0 fully saturated rings. The van der Waals surface area contributed by atoms with Gasteiger partial charge in [-0.15, -0.1) is 0 Å². The van der Waals surface area contributed by atoms with Crippen LogP contribution in [0.2, 0.25) is 0 Å². The van der Waals surface area contributed by atoms with E-state index in [1.807, 2.05) is 0 Å². The molecule has 0 radical (unpaired) electrons. The number of unbranched alkanes of at least 4 members (excludes halogenated alkanes) is 13. The van der Waals surface area contributed by atoms with Crippen molar-refractivity contribution in [1.82, 2.24) is 0 Å². The normalized spacial score (nSPS) is 11.0. The number of ether oxygens (including phenoxy) is 2. The van der Waals surface area contributed by atoms with Gasteiger partial charge in [0, 0.05) is 0 Å². The lowest BCUT2D eigenvalue weighted by molar-refractivity contribution is 0.0376. The van der Waals surface area contributed by atoms with Crippen LogP contribution in [0.4, 0.5) is 0 Å². The summed E-state index contributed by atoms with van der Waals surface area (Å²) in [4.78, 5) is 23.9. The number of carbonyl (C=O) groups is 2. The average Bonchev–Trinajstić information content (AvgIpc) is 2.76. The minimum absolute atomic E-state index is 0.165. The Morgan fingerprint density at radius 2 is 1.03 bits per heavy atom. The summed E-state index contributed by atoms with van der Waals surface area (Å²) in [6, 6.07) is 6.44. The summed E-state index contributed by atoms with van der Waals surface area (Å²) in [6.45, 7) is 6.33. The lowest BCUT2D eigenvalue weighted by atomic mass is 10.0. The summed E-state index contributed by atoms with van der Waals surface area (Å²) in [6.07, 6.45) is 18.1. The Kier molecular flexibility index (Phi) is 15.6. The lowest BCUT2D eigenvalue weighted by Gasteiger charge is -2.08. The van der Waals surface area contributed by atoms with Crippen molar-refractivity contribution in [2.45, 2.75) is 117 Å². The summed E-state index contributed by atoms with van der Waals surface area (Å²) in [5.41, 5.74) is 0.906. The smallest absolute Gasteiger partial charge is 0.338 e. The second-order valence-corrected chi connectivity index (χ2v) is 8.76. The minimum atomic E-state index is -0.377. The van der Waals surface area contributed by atoms with E-state index in [-0.39, 0.29) is 18.0 Å². The van der Waals surface area contributed by atoms with Crippen molar-refractivity contribution < 1.29 is 19.1 Å². The second kappa shape index (κ2) is 17.8. The van der Waals surface area contributed by atoms with Gasteiger partial charge in [-0.1, -0.05) is 90.4 Å². The molecule has 0 unspecified atom stereocenters. The van der Waals surface area contributed by atoms with Crippen LogP contribution in [0.3, 0.4) is 0 Å². The highest BCUT2D eigenvalue weighted by molar-refractivity contribution is 5.93. The molecule has 4 nitrogen and oxygen atoms in total. The van der Waals surface area contributed by atoms with Crippen molar-refractivity contribution >= 4 is 11.9 Å². The maximum atomic E-state index is 12.1. The number of hydrogen-bond acceptors (Lipinski definition) is 4. The van der Waals surface area contributed by atoms with Gasteiger partial charge in [0.05, 0.1) is 23.8 Å². The molecule has 1 rings (SSSR count). The molecular weight excluding hydrogens is 388 g/mol.